The predicted octanol–water partition coefficient (Wildman–Crippen LogP) is 3.83. The lowest BCUT2D eigenvalue weighted by Gasteiger charge is -2.07. The van der Waals surface area contributed by atoms with Gasteiger partial charge in [0.2, 0.25) is 0 Å². The molecule has 3 rings (SSSR count). The SMILES string of the molecule is CCc1ccc(Cn2ccc3ccc(N)cc32)cc1. The lowest BCUT2D eigenvalue weighted by molar-refractivity contribution is 0.836. The Morgan fingerprint density at radius 3 is 2.42 bits per heavy atom. The van der Waals surface area contributed by atoms with E-state index < -0.39 is 0 Å². The minimum Gasteiger partial charge on any atom is -0.399 e. The fourth-order valence-electron chi connectivity index (χ4n) is 2.42. The van der Waals surface area contributed by atoms with Gasteiger partial charge in [-0.2, -0.15) is 0 Å². The van der Waals surface area contributed by atoms with Crippen molar-refractivity contribution >= 4 is 16.6 Å². The van der Waals surface area contributed by atoms with Crippen LogP contribution in [0, 0.1) is 0 Å². The molecule has 0 amide bonds. The second kappa shape index (κ2) is 4.81. The van der Waals surface area contributed by atoms with E-state index in [1.807, 2.05) is 12.1 Å². The van der Waals surface area contributed by atoms with Crippen molar-refractivity contribution in [1.29, 1.82) is 0 Å². The van der Waals surface area contributed by atoms with Gasteiger partial charge in [-0.25, -0.2) is 0 Å². The average Bonchev–Trinajstić information content (AvgIpc) is 2.82. The summed E-state index contributed by atoms with van der Waals surface area (Å²) in [4.78, 5) is 0. The molecule has 0 aliphatic rings. The molecule has 96 valence electrons. The largest absolute Gasteiger partial charge is 0.399 e. The molecule has 3 aromatic rings. The van der Waals surface area contributed by atoms with Crippen LogP contribution in [0.5, 0.6) is 0 Å². The third-order valence-electron chi connectivity index (χ3n) is 3.58. The minimum atomic E-state index is 0.814. The first-order chi connectivity index (χ1) is 9.26. The van der Waals surface area contributed by atoms with Crippen molar-refractivity contribution in [1.82, 2.24) is 4.57 Å². The van der Waals surface area contributed by atoms with Gasteiger partial charge in [0.25, 0.3) is 0 Å². The molecule has 0 spiro atoms. The Balaban J connectivity index is 1.93. The Hall–Kier alpha value is -2.22. The quantitative estimate of drug-likeness (QED) is 0.704. The van der Waals surface area contributed by atoms with E-state index in [1.54, 1.807) is 0 Å². The monoisotopic (exact) mass is 250 g/mol. The Kier molecular flexibility index (Phi) is 3.00. The van der Waals surface area contributed by atoms with E-state index in [2.05, 4.69) is 54.1 Å². The number of aryl methyl sites for hydroxylation is 1. The molecule has 1 aromatic heterocycles. The van der Waals surface area contributed by atoms with Gasteiger partial charge >= 0.3 is 0 Å². The number of nitrogen functional groups attached to an aromatic ring is 1. The van der Waals surface area contributed by atoms with E-state index in [9.17, 15) is 0 Å². The van der Waals surface area contributed by atoms with Gasteiger partial charge in [0.05, 0.1) is 5.52 Å². The smallest absolute Gasteiger partial charge is 0.0504 e. The van der Waals surface area contributed by atoms with E-state index >= 15 is 0 Å². The molecule has 0 aliphatic heterocycles. The number of fused-ring (bicyclic) bond motifs is 1. The molecule has 2 heteroatoms. The fourth-order valence-corrected chi connectivity index (χ4v) is 2.42. The van der Waals surface area contributed by atoms with Crippen molar-refractivity contribution in [3.05, 3.63) is 65.9 Å². The summed E-state index contributed by atoms with van der Waals surface area (Å²) < 4.78 is 2.24. The number of hydrogen-bond donors (Lipinski definition) is 1. The number of aromatic nitrogens is 1. The van der Waals surface area contributed by atoms with Crippen molar-refractivity contribution in [2.45, 2.75) is 19.9 Å². The summed E-state index contributed by atoms with van der Waals surface area (Å²) in [6.07, 6.45) is 3.21. The van der Waals surface area contributed by atoms with Crippen LogP contribution in [0.4, 0.5) is 5.69 Å². The molecule has 1 heterocycles. The second-order valence-electron chi connectivity index (χ2n) is 4.93. The number of rotatable bonds is 3. The molecule has 2 nitrogen and oxygen atoms in total. The molecule has 0 saturated carbocycles. The lowest BCUT2D eigenvalue weighted by Crippen LogP contribution is -1.98. The summed E-state index contributed by atoms with van der Waals surface area (Å²) in [5.74, 6) is 0. The van der Waals surface area contributed by atoms with Crippen LogP contribution in [-0.2, 0) is 13.0 Å². The van der Waals surface area contributed by atoms with Crippen LogP contribution < -0.4 is 5.73 Å². The van der Waals surface area contributed by atoms with Crippen molar-refractivity contribution in [3.8, 4) is 0 Å². The van der Waals surface area contributed by atoms with Crippen LogP contribution >= 0.6 is 0 Å². The zero-order valence-corrected chi connectivity index (χ0v) is 11.1. The summed E-state index contributed by atoms with van der Waals surface area (Å²) in [6.45, 7) is 3.06. The Labute approximate surface area is 113 Å². The second-order valence-corrected chi connectivity index (χ2v) is 4.93. The number of anilines is 1. The third kappa shape index (κ3) is 2.34. The topological polar surface area (TPSA) is 30.9 Å². The van der Waals surface area contributed by atoms with E-state index in [4.69, 9.17) is 5.73 Å². The van der Waals surface area contributed by atoms with Gasteiger partial charge in [-0.05, 0) is 41.1 Å². The van der Waals surface area contributed by atoms with Gasteiger partial charge in [-0.15, -0.1) is 0 Å². The van der Waals surface area contributed by atoms with Gasteiger partial charge in [0.15, 0.2) is 0 Å². The maximum Gasteiger partial charge on any atom is 0.0504 e. The van der Waals surface area contributed by atoms with Gasteiger partial charge in [-0.3, -0.25) is 0 Å². The normalized spacial score (nSPS) is 11.0. The summed E-state index contributed by atoms with van der Waals surface area (Å²) in [5, 5.41) is 1.24. The Morgan fingerprint density at radius 2 is 1.68 bits per heavy atom. The highest BCUT2D eigenvalue weighted by Gasteiger charge is 2.02. The Morgan fingerprint density at radius 1 is 0.947 bits per heavy atom. The highest BCUT2D eigenvalue weighted by atomic mass is 14.9. The van der Waals surface area contributed by atoms with Gasteiger partial charge in [-0.1, -0.05) is 37.3 Å². The first kappa shape index (κ1) is 11.8. The molecular weight excluding hydrogens is 232 g/mol. The minimum absolute atomic E-state index is 0.814. The molecule has 0 aliphatic carbocycles. The highest BCUT2D eigenvalue weighted by molar-refractivity contribution is 5.83. The molecule has 0 fully saturated rings. The van der Waals surface area contributed by atoms with Crippen LogP contribution in [0.3, 0.4) is 0 Å². The zero-order chi connectivity index (χ0) is 13.2. The standard InChI is InChI=1S/C17H18N2/c1-2-13-3-5-14(6-4-13)12-19-10-9-15-7-8-16(18)11-17(15)19/h3-11H,2,12,18H2,1H3. The van der Waals surface area contributed by atoms with Gasteiger partial charge in [0.1, 0.15) is 0 Å². The lowest BCUT2D eigenvalue weighted by atomic mass is 10.1. The number of hydrogen-bond acceptors (Lipinski definition) is 1. The number of benzene rings is 2. The fraction of sp³-hybridized carbons (Fsp3) is 0.176. The first-order valence-electron chi connectivity index (χ1n) is 6.68. The maximum absolute atomic E-state index is 5.87. The third-order valence-corrected chi connectivity index (χ3v) is 3.58. The van der Waals surface area contributed by atoms with Crippen molar-refractivity contribution in [2.24, 2.45) is 0 Å². The number of nitrogens with zero attached hydrogens (tertiary/aromatic N) is 1. The van der Waals surface area contributed by atoms with Crippen LogP contribution in [0.2, 0.25) is 0 Å². The van der Waals surface area contributed by atoms with E-state index in [-0.39, 0.29) is 0 Å². The summed E-state index contributed by atoms with van der Waals surface area (Å²) in [6, 6.07) is 17.0. The molecule has 2 N–H and O–H groups in total. The molecular formula is C17H18N2. The summed E-state index contributed by atoms with van der Waals surface area (Å²) >= 11 is 0. The highest BCUT2D eigenvalue weighted by Crippen LogP contribution is 2.20. The van der Waals surface area contributed by atoms with Crippen molar-refractivity contribution in [3.63, 3.8) is 0 Å². The van der Waals surface area contributed by atoms with Crippen LogP contribution in [0.1, 0.15) is 18.1 Å². The average molecular weight is 250 g/mol. The predicted molar refractivity (Wildman–Crippen MR) is 81.3 cm³/mol. The molecule has 2 aromatic carbocycles. The molecule has 0 saturated heterocycles. The molecule has 19 heavy (non-hydrogen) atoms. The van der Waals surface area contributed by atoms with E-state index in [1.165, 1.54) is 22.0 Å². The molecule has 0 radical (unpaired) electrons. The van der Waals surface area contributed by atoms with Crippen LogP contribution in [0.25, 0.3) is 10.9 Å². The zero-order valence-electron chi connectivity index (χ0n) is 11.1. The molecule has 0 bridgehead atoms. The first-order valence-corrected chi connectivity index (χ1v) is 6.68. The van der Waals surface area contributed by atoms with Gasteiger partial charge < -0.3 is 10.3 Å². The summed E-state index contributed by atoms with van der Waals surface area (Å²) in [5.41, 5.74) is 10.6. The molecule has 0 atom stereocenters. The van der Waals surface area contributed by atoms with Crippen LogP contribution in [-0.4, -0.2) is 4.57 Å². The van der Waals surface area contributed by atoms with Crippen molar-refractivity contribution in [2.75, 3.05) is 5.73 Å². The van der Waals surface area contributed by atoms with Crippen molar-refractivity contribution < 1.29 is 0 Å². The van der Waals surface area contributed by atoms with Crippen LogP contribution in [0.15, 0.2) is 54.7 Å². The molecule has 0 unspecified atom stereocenters. The Bertz CT molecular complexity index is 693. The van der Waals surface area contributed by atoms with E-state index in [0.717, 1.165) is 18.7 Å². The van der Waals surface area contributed by atoms with E-state index in [0.29, 0.717) is 0 Å². The summed E-state index contributed by atoms with van der Waals surface area (Å²) in [7, 11) is 0. The number of nitrogens with two attached hydrogens (primary N) is 1. The maximum atomic E-state index is 5.87. The van der Waals surface area contributed by atoms with Gasteiger partial charge in [0, 0.05) is 18.4 Å².